The van der Waals surface area contributed by atoms with Gasteiger partial charge in [0, 0.05) is 0 Å². The van der Waals surface area contributed by atoms with Crippen molar-refractivity contribution in [1.82, 2.24) is 5.32 Å². The van der Waals surface area contributed by atoms with Gasteiger partial charge in [-0.3, -0.25) is 0 Å². The van der Waals surface area contributed by atoms with E-state index >= 15 is 0 Å². The number of hydrogen-bond donors (Lipinski definition) is 2. The largest absolute Gasteiger partial charge is 0.467 e. The number of benzene rings is 1. The third kappa shape index (κ3) is 2.93. The van der Waals surface area contributed by atoms with Crippen molar-refractivity contribution in [3.8, 4) is 0 Å². The Kier molecular flexibility index (Phi) is 3.92. The minimum Gasteiger partial charge on any atom is -0.467 e. The molecule has 110 valence electrons. The lowest BCUT2D eigenvalue weighted by Gasteiger charge is -2.29. The van der Waals surface area contributed by atoms with Gasteiger partial charge in [0.2, 0.25) is 0 Å². The molecule has 1 saturated carbocycles. The van der Waals surface area contributed by atoms with Crippen LogP contribution < -0.4 is 10.6 Å². The number of para-hydroxylation sites is 1. The SMILES string of the molecule is Fc1ccccc1NC(=S)NC1(c2ccco2)CCCC1. The monoisotopic (exact) mass is 304 g/mol. The first kappa shape index (κ1) is 14.1. The highest BCUT2D eigenvalue weighted by atomic mass is 32.1. The molecule has 21 heavy (non-hydrogen) atoms. The summed E-state index contributed by atoms with van der Waals surface area (Å²) in [4.78, 5) is 0. The third-order valence-electron chi connectivity index (χ3n) is 3.92. The van der Waals surface area contributed by atoms with Gasteiger partial charge in [0.15, 0.2) is 5.11 Å². The fraction of sp³-hybridized carbons (Fsp3) is 0.312. The molecule has 0 aliphatic heterocycles. The fourth-order valence-electron chi connectivity index (χ4n) is 2.90. The second-order valence-electron chi connectivity index (χ2n) is 5.33. The van der Waals surface area contributed by atoms with Gasteiger partial charge in [0.05, 0.1) is 17.5 Å². The van der Waals surface area contributed by atoms with Gasteiger partial charge in [-0.25, -0.2) is 4.39 Å². The topological polar surface area (TPSA) is 37.2 Å². The van der Waals surface area contributed by atoms with Crippen molar-refractivity contribution in [2.75, 3.05) is 5.32 Å². The van der Waals surface area contributed by atoms with Crippen LogP contribution >= 0.6 is 12.2 Å². The second-order valence-corrected chi connectivity index (χ2v) is 5.73. The summed E-state index contributed by atoms with van der Waals surface area (Å²) in [5.41, 5.74) is 0.0985. The van der Waals surface area contributed by atoms with E-state index in [1.54, 1.807) is 24.5 Å². The lowest BCUT2D eigenvalue weighted by Crippen LogP contribution is -2.45. The highest BCUT2D eigenvalue weighted by molar-refractivity contribution is 7.80. The Morgan fingerprint density at radius 1 is 1.14 bits per heavy atom. The van der Waals surface area contributed by atoms with E-state index in [9.17, 15) is 4.39 Å². The van der Waals surface area contributed by atoms with Crippen molar-refractivity contribution in [3.63, 3.8) is 0 Å². The number of nitrogens with one attached hydrogen (secondary N) is 2. The van der Waals surface area contributed by atoms with Crippen LogP contribution in [0.3, 0.4) is 0 Å². The molecule has 0 radical (unpaired) electrons. The van der Waals surface area contributed by atoms with E-state index in [4.69, 9.17) is 16.6 Å². The van der Waals surface area contributed by atoms with Gasteiger partial charge >= 0.3 is 0 Å². The predicted octanol–water partition coefficient (Wildman–Crippen LogP) is 4.17. The summed E-state index contributed by atoms with van der Waals surface area (Å²) in [6.07, 6.45) is 5.83. The molecule has 1 fully saturated rings. The summed E-state index contributed by atoms with van der Waals surface area (Å²) in [5.74, 6) is 0.567. The molecule has 0 amide bonds. The molecule has 1 heterocycles. The maximum Gasteiger partial charge on any atom is 0.171 e. The Morgan fingerprint density at radius 3 is 2.57 bits per heavy atom. The molecule has 1 aliphatic rings. The van der Waals surface area contributed by atoms with E-state index in [1.165, 1.54) is 6.07 Å². The number of furan rings is 1. The van der Waals surface area contributed by atoms with Crippen LogP contribution in [0.2, 0.25) is 0 Å². The number of thiocarbonyl (C=S) groups is 1. The van der Waals surface area contributed by atoms with Gasteiger partial charge in [-0.1, -0.05) is 25.0 Å². The summed E-state index contributed by atoms with van der Waals surface area (Å²) < 4.78 is 19.2. The molecular weight excluding hydrogens is 287 g/mol. The number of anilines is 1. The molecule has 3 nitrogen and oxygen atoms in total. The summed E-state index contributed by atoms with van der Waals surface area (Å²) in [5, 5.41) is 6.67. The molecular formula is C16H17FN2OS. The van der Waals surface area contributed by atoms with Crippen LogP contribution in [0, 0.1) is 5.82 Å². The number of hydrogen-bond acceptors (Lipinski definition) is 2. The minimum absolute atomic E-state index is 0.279. The van der Waals surface area contributed by atoms with E-state index in [0.29, 0.717) is 10.8 Å². The highest BCUT2D eigenvalue weighted by Gasteiger charge is 2.38. The Hall–Kier alpha value is -1.88. The van der Waals surface area contributed by atoms with Gasteiger partial charge in [-0.2, -0.15) is 0 Å². The quantitative estimate of drug-likeness (QED) is 0.834. The lowest BCUT2D eigenvalue weighted by molar-refractivity contribution is 0.317. The van der Waals surface area contributed by atoms with Crippen LogP contribution in [0.25, 0.3) is 0 Å². The van der Waals surface area contributed by atoms with Gasteiger partial charge in [0.1, 0.15) is 11.6 Å². The average Bonchev–Trinajstić information content (AvgIpc) is 3.12. The smallest absolute Gasteiger partial charge is 0.171 e. The molecule has 3 rings (SSSR count). The number of halogens is 1. The van der Waals surface area contributed by atoms with Crippen molar-refractivity contribution in [2.24, 2.45) is 0 Å². The van der Waals surface area contributed by atoms with Crippen molar-refractivity contribution >= 4 is 23.0 Å². The van der Waals surface area contributed by atoms with Gasteiger partial charge in [-0.15, -0.1) is 0 Å². The first-order chi connectivity index (χ1) is 10.2. The van der Waals surface area contributed by atoms with Crippen LogP contribution in [-0.2, 0) is 5.54 Å². The van der Waals surface area contributed by atoms with E-state index in [-0.39, 0.29) is 11.4 Å². The molecule has 0 atom stereocenters. The zero-order valence-electron chi connectivity index (χ0n) is 11.6. The summed E-state index contributed by atoms with van der Waals surface area (Å²) in [6, 6.07) is 10.3. The van der Waals surface area contributed by atoms with Crippen LogP contribution in [0.1, 0.15) is 31.4 Å². The van der Waals surface area contributed by atoms with E-state index in [0.717, 1.165) is 31.4 Å². The summed E-state index contributed by atoms with van der Waals surface area (Å²) in [7, 11) is 0. The molecule has 0 spiro atoms. The van der Waals surface area contributed by atoms with Crippen LogP contribution in [-0.4, -0.2) is 5.11 Å². The van der Waals surface area contributed by atoms with E-state index in [2.05, 4.69) is 10.6 Å². The molecule has 1 aromatic heterocycles. The maximum absolute atomic E-state index is 13.7. The Bertz CT molecular complexity index is 621. The van der Waals surface area contributed by atoms with Crippen LogP contribution in [0.4, 0.5) is 10.1 Å². The Labute approximate surface area is 128 Å². The van der Waals surface area contributed by atoms with Crippen LogP contribution in [0.5, 0.6) is 0 Å². The highest BCUT2D eigenvalue weighted by Crippen LogP contribution is 2.39. The predicted molar refractivity (Wildman–Crippen MR) is 84.6 cm³/mol. The fourth-order valence-corrected chi connectivity index (χ4v) is 3.20. The van der Waals surface area contributed by atoms with Crippen molar-refractivity contribution in [3.05, 3.63) is 54.2 Å². The van der Waals surface area contributed by atoms with Gasteiger partial charge in [0.25, 0.3) is 0 Å². The van der Waals surface area contributed by atoms with Crippen molar-refractivity contribution in [2.45, 2.75) is 31.2 Å². The first-order valence-corrected chi connectivity index (χ1v) is 7.48. The van der Waals surface area contributed by atoms with Gasteiger partial charge in [-0.05, 0) is 49.3 Å². The molecule has 2 aromatic rings. The normalized spacial score (nSPS) is 16.6. The van der Waals surface area contributed by atoms with Crippen LogP contribution in [0.15, 0.2) is 47.1 Å². The minimum atomic E-state index is -0.319. The standard InChI is InChI=1S/C16H17FN2OS/c17-12-6-1-2-7-13(12)18-15(21)19-16(9-3-4-10-16)14-8-5-11-20-14/h1-2,5-8,11H,3-4,9-10H2,(H2,18,19,21). The molecule has 0 saturated heterocycles. The molecule has 0 unspecified atom stereocenters. The van der Waals surface area contributed by atoms with E-state index < -0.39 is 0 Å². The zero-order chi connectivity index (χ0) is 14.7. The average molecular weight is 304 g/mol. The lowest BCUT2D eigenvalue weighted by atomic mass is 9.94. The molecule has 5 heteroatoms. The Morgan fingerprint density at radius 2 is 1.90 bits per heavy atom. The molecule has 0 bridgehead atoms. The van der Waals surface area contributed by atoms with Crippen molar-refractivity contribution < 1.29 is 8.81 Å². The first-order valence-electron chi connectivity index (χ1n) is 7.07. The summed E-state index contributed by atoms with van der Waals surface area (Å²) in [6.45, 7) is 0. The maximum atomic E-state index is 13.7. The van der Waals surface area contributed by atoms with Gasteiger partial charge < -0.3 is 15.1 Å². The second kappa shape index (κ2) is 5.85. The Balaban J connectivity index is 1.75. The molecule has 1 aromatic carbocycles. The zero-order valence-corrected chi connectivity index (χ0v) is 12.4. The third-order valence-corrected chi connectivity index (χ3v) is 4.13. The number of rotatable bonds is 3. The van der Waals surface area contributed by atoms with E-state index in [1.807, 2.05) is 12.1 Å². The van der Waals surface area contributed by atoms with Crippen molar-refractivity contribution in [1.29, 1.82) is 0 Å². The molecule has 2 N–H and O–H groups in total. The molecule has 1 aliphatic carbocycles. The summed E-state index contributed by atoms with van der Waals surface area (Å²) >= 11 is 5.35.